The molecule has 3 N–H and O–H groups in total. The molecule has 0 atom stereocenters. The predicted molar refractivity (Wildman–Crippen MR) is 82.6 cm³/mol. The van der Waals surface area contributed by atoms with Crippen LogP contribution in [-0.2, 0) is 4.79 Å². The number of hydrogen-bond acceptors (Lipinski definition) is 4. The Hall–Kier alpha value is -2.69. The van der Waals surface area contributed by atoms with Crippen LogP contribution in [-0.4, -0.2) is 19.1 Å². The largest absolute Gasteiger partial charge is 0.494 e. The summed E-state index contributed by atoms with van der Waals surface area (Å²) in [7, 11) is 0. The van der Waals surface area contributed by atoms with Crippen LogP contribution in [0.2, 0.25) is 0 Å². The van der Waals surface area contributed by atoms with Gasteiger partial charge in [0.1, 0.15) is 11.5 Å². The van der Waals surface area contributed by atoms with Gasteiger partial charge in [-0.2, -0.15) is 0 Å². The monoisotopic (exact) mass is 286 g/mol. The molecule has 1 amide bonds. The molecule has 0 aromatic heterocycles. The zero-order valence-electron chi connectivity index (χ0n) is 11.8. The van der Waals surface area contributed by atoms with E-state index in [0.717, 1.165) is 5.75 Å². The van der Waals surface area contributed by atoms with Gasteiger partial charge >= 0.3 is 0 Å². The summed E-state index contributed by atoms with van der Waals surface area (Å²) < 4.78 is 10.7. The first kappa shape index (κ1) is 14.7. The smallest absolute Gasteiger partial charge is 0.262 e. The third-order valence-corrected chi connectivity index (χ3v) is 2.74. The minimum Gasteiger partial charge on any atom is -0.494 e. The van der Waals surface area contributed by atoms with E-state index in [0.29, 0.717) is 23.7 Å². The van der Waals surface area contributed by atoms with E-state index in [1.807, 2.05) is 6.92 Å². The third kappa shape index (κ3) is 4.42. The van der Waals surface area contributed by atoms with Crippen molar-refractivity contribution in [1.29, 1.82) is 0 Å². The second kappa shape index (κ2) is 7.19. The Labute approximate surface area is 123 Å². The van der Waals surface area contributed by atoms with Gasteiger partial charge in [0.15, 0.2) is 6.61 Å². The molecule has 0 radical (unpaired) electrons. The van der Waals surface area contributed by atoms with Crippen LogP contribution in [0, 0.1) is 0 Å². The summed E-state index contributed by atoms with van der Waals surface area (Å²) in [6.07, 6.45) is 0. The highest BCUT2D eigenvalue weighted by Crippen LogP contribution is 2.18. The number of para-hydroxylation sites is 2. The molecule has 0 fully saturated rings. The van der Waals surface area contributed by atoms with Crippen molar-refractivity contribution in [2.75, 3.05) is 24.3 Å². The topological polar surface area (TPSA) is 73.6 Å². The van der Waals surface area contributed by atoms with Crippen LogP contribution >= 0.6 is 0 Å². The minimum absolute atomic E-state index is 0.0810. The van der Waals surface area contributed by atoms with E-state index in [2.05, 4.69) is 5.32 Å². The molecule has 0 heterocycles. The standard InChI is InChI=1S/C16H18N2O3/c1-2-20-12-7-9-13(10-8-12)21-11-16(19)18-15-6-4-3-5-14(15)17/h3-10H,2,11,17H2,1H3,(H,18,19). The van der Waals surface area contributed by atoms with Crippen LogP contribution < -0.4 is 20.5 Å². The van der Waals surface area contributed by atoms with Gasteiger partial charge in [-0.3, -0.25) is 4.79 Å². The second-order valence-electron chi connectivity index (χ2n) is 4.33. The lowest BCUT2D eigenvalue weighted by molar-refractivity contribution is -0.118. The minimum atomic E-state index is -0.262. The number of carbonyl (C=O) groups is 1. The molecular formula is C16H18N2O3. The molecule has 0 bridgehead atoms. The molecule has 2 aromatic carbocycles. The van der Waals surface area contributed by atoms with E-state index < -0.39 is 0 Å². The lowest BCUT2D eigenvalue weighted by Gasteiger charge is -2.09. The maximum atomic E-state index is 11.8. The number of amides is 1. The zero-order chi connectivity index (χ0) is 15.1. The number of nitrogen functional groups attached to an aromatic ring is 1. The van der Waals surface area contributed by atoms with Gasteiger partial charge in [0.2, 0.25) is 0 Å². The van der Waals surface area contributed by atoms with Crippen molar-refractivity contribution >= 4 is 17.3 Å². The van der Waals surface area contributed by atoms with Crippen LogP contribution in [0.15, 0.2) is 48.5 Å². The Bertz CT molecular complexity index is 597. The van der Waals surface area contributed by atoms with Gasteiger partial charge in [0, 0.05) is 0 Å². The van der Waals surface area contributed by atoms with Crippen LogP contribution in [0.5, 0.6) is 11.5 Å². The third-order valence-electron chi connectivity index (χ3n) is 2.74. The molecule has 5 nitrogen and oxygen atoms in total. The molecule has 0 aliphatic heterocycles. The van der Waals surface area contributed by atoms with Crippen LogP contribution in [0.1, 0.15) is 6.92 Å². The predicted octanol–water partition coefficient (Wildman–Crippen LogP) is 2.68. The number of nitrogens with two attached hydrogens (primary N) is 1. The Morgan fingerprint density at radius 1 is 1.05 bits per heavy atom. The van der Waals surface area contributed by atoms with Crippen molar-refractivity contribution in [2.24, 2.45) is 0 Å². The van der Waals surface area contributed by atoms with Gasteiger partial charge in [-0.25, -0.2) is 0 Å². The normalized spacial score (nSPS) is 9.95. The average Bonchev–Trinajstić information content (AvgIpc) is 2.49. The summed E-state index contributed by atoms with van der Waals surface area (Å²) in [4.78, 5) is 11.8. The van der Waals surface area contributed by atoms with Crippen LogP contribution in [0.3, 0.4) is 0 Å². The Morgan fingerprint density at radius 3 is 2.29 bits per heavy atom. The van der Waals surface area contributed by atoms with Crippen molar-refractivity contribution in [3.63, 3.8) is 0 Å². The summed E-state index contributed by atoms with van der Waals surface area (Å²) in [6.45, 7) is 2.45. The van der Waals surface area contributed by atoms with E-state index in [1.54, 1.807) is 48.5 Å². The number of carbonyl (C=O) groups excluding carboxylic acids is 1. The summed E-state index contributed by atoms with van der Waals surface area (Å²) in [6, 6.07) is 14.2. The maximum absolute atomic E-state index is 11.8. The van der Waals surface area contributed by atoms with Crippen molar-refractivity contribution in [3.05, 3.63) is 48.5 Å². The van der Waals surface area contributed by atoms with Crippen LogP contribution in [0.4, 0.5) is 11.4 Å². The second-order valence-corrected chi connectivity index (χ2v) is 4.33. The Morgan fingerprint density at radius 2 is 1.67 bits per heavy atom. The highest BCUT2D eigenvalue weighted by Gasteiger charge is 2.05. The molecule has 5 heteroatoms. The molecule has 0 aliphatic rings. The van der Waals surface area contributed by atoms with Crippen molar-refractivity contribution in [1.82, 2.24) is 0 Å². The molecule has 21 heavy (non-hydrogen) atoms. The fraction of sp³-hybridized carbons (Fsp3) is 0.188. The number of rotatable bonds is 6. The molecule has 0 spiro atoms. The summed E-state index contributed by atoms with van der Waals surface area (Å²) in [5, 5.41) is 2.70. The van der Waals surface area contributed by atoms with Crippen molar-refractivity contribution in [2.45, 2.75) is 6.92 Å². The van der Waals surface area contributed by atoms with Gasteiger partial charge in [0.25, 0.3) is 5.91 Å². The molecule has 0 saturated carbocycles. The number of ether oxygens (including phenoxy) is 2. The molecule has 110 valence electrons. The van der Waals surface area contributed by atoms with E-state index in [-0.39, 0.29) is 12.5 Å². The van der Waals surface area contributed by atoms with Crippen molar-refractivity contribution < 1.29 is 14.3 Å². The lowest BCUT2D eigenvalue weighted by atomic mass is 10.2. The first-order chi connectivity index (χ1) is 10.2. The van der Waals surface area contributed by atoms with Gasteiger partial charge in [-0.15, -0.1) is 0 Å². The molecule has 2 rings (SSSR count). The van der Waals surface area contributed by atoms with E-state index >= 15 is 0 Å². The Balaban J connectivity index is 1.85. The summed E-state index contributed by atoms with van der Waals surface area (Å²) >= 11 is 0. The summed E-state index contributed by atoms with van der Waals surface area (Å²) in [5.41, 5.74) is 6.85. The van der Waals surface area contributed by atoms with Gasteiger partial charge < -0.3 is 20.5 Å². The van der Waals surface area contributed by atoms with Crippen LogP contribution in [0.25, 0.3) is 0 Å². The quantitative estimate of drug-likeness (QED) is 0.801. The molecule has 2 aromatic rings. The maximum Gasteiger partial charge on any atom is 0.262 e. The van der Waals surface area contributed by atoms with Gasteiger partial charge in [-0.1, -0.05) is 12.1 Å². The number of nitrogens with one attached hydrogen (secondary N) is 1. The number of anilines is 2. The molecule has 0 saturated heterocycles. The lowest BCUT2D eigenvalue weighted by Crippen LogP contribution is -2.20. The Kier molecular flexibility index (Phi) is 5.04. The zero-order valence-corrected chi connectivity index (χ0v) is 11.8. The van der Waals surface area contributed by atoms with Gasteiger partial charge in [0.05, 0.1) is 18.0 Å². The summed E-state index contributed by atoms with van der Waals surface area (Å²) in [5.74, 6) is 1.11. The first-order valence-electron chi connectivity index (χ1n) is 6.69. The molecule has 0 aliphatic carbocycles. The SMILES string of the molecule is CCOc1ccc(OCC(=O)Nc2ccccc2N)cc1. The number of benzene rings is 2. The van der Waals surface area contributed by atoms with E-state index in [4.69, 9.17) is 15.2 Å². The fourth-order valence-corrected chi connectivity index (χ4v) is 1.74. The number of hydrogen-bond donors (Lipinski definition) is 2. The highest BCUT2D eigenvalue weighted by atomic mass is 16.5. The van der Waals surface area contributed by atoms with Gasteiger partial charge in [-0.05, 0) is 43.3 Å². The first-order valence-corrected chi connectivity index (χ1v) is 6.69. The molecular weight excluding hydrogens is 268 g/mol. The average molecular weight is 286 g/mol. The highest BCUT2D eigenvalue weighted by molar-refractivity contribution is 5.94. The van der Waals surface area contributed by atoms with Crippen molar-refractivity contribution in [3.8, 4) is 11.5 Å². The van der Waals surface area contributed by atoms with E-state index in [1.165, 1.54) is 0 Å². The fourth-order valence-electron chi connectivity index (χ4n) is 1.74. The van der Waals surface area contributed by atoms with E-state index in [9.17, 15) is 4.79 Å². The molecule has 0 unspecified atom stereocenters.